The molecule has 0 unspecified atom stereocenters. The highest BCUT2D eigenvalue weighted by Crippen LogP contribution is 2.27. The number of likely N-dealkylation sites (tertiary alicyclic amines) is 1. The number of thiophene rings is 1. The fourth-order valence-electron chi connectivity index (χ4n) is 3.00. The van der Waals surface area contributed by atoms with E-state index in [-0.39, 0.29) is 0 Å². The van der Waals surface area contributed by atoms with Crippen LogP contribution in [-0.2, 0) is 6.42 Å². The van der Waals surface area contributed by atoms with Gasteiger partial charge in [0.1, 0.15) is 16.5 Å². The Bertz CT molecular complexity index is 649. The highest BCUT2D eigenvalue weighted by Gasteiger charge is 2.27. The van der Waals surface area contributed by atoms with E-state index < -0.39 is 5.60 Å². The standard InChI is InChI=1S/C16H24N4OS/c1-4-13-18-14(12-6-8-22-15(12)19-13)17-11-5-7-20(9-11)10-16(2,3)21/h6,8,11,21H,4-5,7,9-10H2,1-3H3,(H,17,18,19)/t11-/m1/s1. The maximum absolute atomic E-state index is 9.95. The largest absolute Gasteiger partial charge is 0.389 e. The lowest BCUT2D eigenvalue weighted by molar-refractivity contribution is 0.0437. The zero-order valence-corrected chi connectivity index (χ0v) is 14.3. The molecule has 3 rings (SSSR count). The van der Waals surface area contributed by atoms with Gasteiger partial charge in [0.15, 0.2) is 0 Å². The summed E-state index contributed by atoms with van der Waals surface area (Å²) in [7, 11) is 0. The van der Waals surface area contributed by atoms with Crippen molar-refractivity contribution in [1.29, 1.82) is 0 Å². The Hall–Kier alpha value is -1.24. The van der Waals surface area contributed by atoms with Crippen LogP contribution in [0.15, 0.2) is 11.4 Å². The van der Waals surface area contributed by atoms with Crippen LogP contribution in [0.1, 0.15) is 33.0 Å². The molecule has 6 heteroatoms. The van der Waals surface area contributed by atoms with Gasteiger partial charge in [-0.2, -0.15) is 0 Å². The van der Waals surface area contributed by atoms with E-state index in [0.29, 0.717) is 12.6 Å². The lowest BCUT2D eigenvalue weighted by Crippen LogP contribution is -2.38. The monoisotopic (exact) mass is 320 g/mol. The normalized spacial score (nSPS) is 19.9. The summed E-state index contributed by atoms with van der Waals surface area (Å²) in [4.78, 5) is 12.6. The van der Waals surface area contributed by atoms with Crippen molar-refractivity contribution in [2.75, 3.05) is 25.0 Å². The van der Waals surface area contributed by atoms with Crippen molar-refractivity contribution in [3.8, 4) is 0 Å². The second-order valence-electron chi connectivity index (χ2n) is 6.66. The van der Waals surface area contributed by atoms with Crippen molar-refractivity contribution in [1.82, 2.24) is 14.9 Å². The molecule has 0 saturated carbocycles. The van der Waals surface area contributed by atoms with Gasteiger partial charge in [-0.05, 0) is 31.7 Å². The van der Waals surface area contributed by atoms with Crippen molar-refractivity contribution in [3.63, 3.8) is 0 Å². The number of anilines is 1. The molecule has 0 amide bonds. The van der Waals surface area contributed by atoms with E-state index in [9.17, 15) is 5.11 Å². The number of hydrogen-bond acceptors (Lipinski definition) is 6. The van der Waals surface area contributed by atoms with Gasteiger partial charge in [0.2, 0.25) is 0 Å². The zero-order valence-electron chi connectivity index (χ0n) is 13.5. The fourth-order valence-corrected chi connectivity index (χ4v) is 3.79. The average Bonchev–Trinajstić information content (AvgIpc) is 3.06. The first-order chi connectivity index (χ1) is 10.4. The van der Waals surface area contributed by atoms with E-state index in [1.54, 1.807) is 11.3 Å². The minimum absolute atomic E-state index is 0.380. The van der Waals surface area contributed by atoms with Gasteiger partial charge in [0.25, 0.3) is 0 Å². The molecule has 0 spiro atoms. The molecule has 3 heterocycles. The van der Waals surface area contributed by atoms with Crippen LogP contribution in [0.4, 0.5) is 5.82 Å². The molecule has 0 aliphatic carbocycles. The van der Waals surface area contributed by atoms with Gasteiger partial charge >= 0.3 is 0 Å². The highest BCUT2D eigenvalue weighted by molar-refractivity contribution is 7.16. The third-order valence-electron chi connectivity index (χ3n) is 3.91. The number of aryl methyl sites for hydroxylation is 1. The second kappa shape index (κ2) is 6.10. The van der Waals surface area contributed by atoms with Crippen molar-refractivity contribution in [2.24, 2.45) is 0 Å². The molecule has 2 aromatic rings. The topological polar surface area (TPSA) is 61.3 Å². The quantitative estimate of drug-likeness (QED) is 0.886. The molecule has 5 nitrogen and oxygen atoms in total. The van der Waals surface area contributed by atoms with Crippen LogP contribution in [0, 0.1) is 0 Å². The number of β-amino-alcohol motifs (C(OH)–C–C–N with tert-alkyl or cyclic N) is 1. The lowest BCUT2D eigenvalue weighted by atomic mass is 10.1. The Morgan fingerprint density at radius 1 is 1.45 bits per heavy atom. The van der Waals surface area contributed by atoms with E-state index in [1.165, 1.54) is 0 Å². The van der Waals surface area contributed by atoms with Crippen molar-refractivity contribution >= 4 is 27.4 Å². The zero-order chi connectivity index (χ0) is 15.7. The Balaban J connectivity index is 1.73. The van der Waals surface area contributed by atoms with E-state index in [0.717, 1.165) is 47.8 Å². The maximum Gasteiger partial charge on any atom is 0.138 e. The van der Waals surface area contributed by atoms with E-state index in [2.05, 4.69) is 38.6 Å². The fraction of sp³-hybridized carbons (Fsp3) is 0.625. The van der Waals surface area contributed by atoms with Crippen LogP contribution in [0.3, 0.4) is 0 Å². The first-order valence-corrected chi connectivity index (χ1v) is 8.78. The van der Waals surface area contributed by atoms with Crippen LogP contribution in [0.25, 0.3) is 10.2 Å². The third kappa shape index (κ3) is 3.56. The lowest BCUT2D eigenvalue weighted by Gasteiger charge is -2.25. The van der Waals surface area contributed by atoms with Crippen LogP contribution in [0.2, 0.25) is 0 Å². The first kappa shape index (κ1) is 15.6. The molecule has 0 bridgehead atoms. The van der Waals surface area contributed by atoms with E-state index in [1.807, 2.05) is 13.8 Å². The molecule has 1 atom stereocenters. The third-order valence-corrected chi connectivity index (χ3v) is 4.72. The van der Waals surface area contributed by atoms with Gasteiger partial charge in [-0.1, -0.05) is 6.92 Å². The van der Waals surface area contributed by atoms with Crippen molar-refractivity contribution < 1.29 is 5.11 Å². The van der Waals surface area contributed by atoms with Gasteiger partial charge in [-0.3, -0.25) is 4.90 Å². The number of rotatable bonds is 5. The Morgan fingerprint density at radius 2 is 2.27 bits per heavy atom. The number of aliphatic hydroxyl groups is 1. The van der Waals surface area contributed by atoms with Crippen molar-refractivity contribution in [3.05, 3.63) is 17.3 Å². The summed E-state index contributed by atoms with van der Waals surface area (Å²) >= 11 is 1.66. The molecule has 1 fully saturated rings. The molecular weight excluding hydrogens is 296 g/mol. The summed E-state index contributed by atoms with van der Waals surface area (Å²) in [6.45, 7) is 8.48. The summed E-state index contributed by atoms with van der Waals surface area (Å²) < 4.78 is 0. The van der Waals surface area contributed by atoms with Crippen LogP contribution < -0.4 is 5.32 Å². The minimum Gasteiger partial charge on any atom is -0.389 e. The van der Waals surface area contributed by atoms with Gasteiger partial charge in [0, 0.05) is 32.1 Å². The molecule has 120 valence electrons. The van der Waals surface area contributed by atoms with Gasteiger partial charge in [-0.25, -0.2) is 9.97 Å². The summed E-state index contributed by atoms with van der Waals surface area (Å²) in [5.41, 5.74) is -0.639. The maximum atomic E-state index is 9.95. The molecule has 1 saturated heterocycles. The Kier molecular flexibility index (Phi) is 4.34. The highest BCUT2D eigenvalue weighted by atomic mass is 32.1. The smallest absolute Gasteiger partial charge is 0.138 e. The van der Waals surface area contributed by atoms with Crippen LogP contribution in [-0.4, -0.2) is 51.3 Å². The Labute approximate surface area is 135 Å². The summed E-state index contributed by atoms with van der Waals surface area (Å²) in [5, 5.41) is 16.7. The van der Waals surface area contributed by atoms with Crippen LogP contribution in [0.5, 0.6) is 0 Å². The number of nitrogens with zero attached hydrogens (tertiary/aromatic N) is 3. The van der Waals surface area contributed by atoms with Crippen molar-refractivity contribution in [2.45, 2.75) is 45.3 Å². The molecule has 2 aromatic heterocycles. The molecule has 0 radical (unpaired) electrons. The second-order valence-corrected chi connectivity index (χ2v) is 7.55. The number of fused-ring (bicyclic) bond motifs is 1. The van der Waals surface area contributed by atoms with Gasteiger partial charge in [-0.15, -0.1) is 11.3 Å². The predicted molar refractivity (Wildman–Crippen MR) is 91.6 cm³/mol. The molecule has 2 N–H and O–H groups in total. The minimum atomic E-state index is -0.639. The summed E-state index contributed by atoms with van der Waals surface area (Å²) in [6.07, 6.45) is 1.92. The molecule has 22 heavy (non-hydrogen) atoms. The molecule has 1 aliphatic heterocycles. The molecule has 1 aliphatic rings. The van der Waals surface area contributed by atoms with E-state index in [4.69, 9.17) is 0 Å². The SMILES string of the molecule is CCc1nc(N[C@@H]2CCN(CC(C)(C)O)C2)c2ccsc2n1. The number of nitrogens with one attached hydrogen (secondary N) is 1. The average molecular weight is 320 g/mol. The van der Waals surface area contributed by atoms with Crippen LogP contribution >= 0.6 is 11.3 Å². The molecule has 0 aromatic carbocycles. The first-order valence-electron chi connectivity index (χ1n) is 7.90. The number of aromatic nitrogens is 2. The summed E-state index contributed by atoms with van der Waals surface area (Å²) in [5.74, 6) is 1.85. The van der Waals surface area contributed by atoms with Gasteiger partial charge < -0.3 is 10.4 Å². The number of hydrogen-bond donors (Lipinski definition) is 2. The van der Waals surface area contributed by atoms with E-state index >= 15 is 0 Å². The Morgan fingerprint density at radius 3 is 3.00 bits per heavy atom. The predicted octanol–water partition coefficient (Wildman–Crippen LogP) is 2.51. The van der Waals surface area contributed by atoms with Gasteiger partial charge in [0.05, 0.1) is 11.0 Å². The summed E-state index contributed by atoms with van der Waals surface area (Å²) in [6, 6.07) is 2.47. The molecular formula is C16H24N4OS.